The Hall–Kier alpha value is -2.84. The number of nitrogens with one attached hydrogen (secondary N) is 1. The van der Waals surface area contributed by atoms with Crippen molar-refractivity contribution in [1.29, 1.82) is 0 Å². The lowest BCUT2D eigenvalue weighted by atomic mass is 9.68. The van der Waals surface area contributed by atoms with Crippen LogP contribution < -0.4 is 0 Å². The van der Waals surface area contributed by atoms with Gasteiger partial charge in [-0.15, -0.1) is 11.3 Å². The fraction of sp³-hybridized carbons (Fsp3) is 0.0833. The minimum absolute atomic E-state index is 0.121. The first kappa shape index (κ1) is 15.4. The number of allylic oxidation sites excluding steroid dienone is 1. The smallest absolute Gasteiger partial charge is 0.0631 e. The minimum Gasteiger partial charge on any atom is -0.360 e. The summed E-state index contributed by atoms with van der Waals surface area (Å²) in [6.07, 6.45) is 7.86. The largest absolute Gasteiger partial charge is 0.360 e. The molecule has 26 heavy (non-hydrogen) atoms. The molecule has 2 aromatic carbocycles. The maximum Gasteiger partial charge on any atom is 0.0631 e. The van der Waals surface area contributed by atoms with Crippen LogP contribution in [0.2, 0.25) is 0 Å². The first-order chi connectivity index (χ1) is 12.9. The van der Waals surface area contributed by atoms with Crippen molar-refractivity contribution in [3.05, 3.63) is 113 Å². The zero-order chi connectivity index (χ0) is 17.4. The second-order valence-corrected chi connectivity index (χ2v) is 7.74. The molecular weight excluding hydrogens is 334 g/mol. The van der Waals surface area contributed by atoms with Gasteiger partial charge >= 0.3 is 0 Å². The van der Waals surface area contributed by atoms with Crippen LogP contribution in [-0.2, 0) is 11.8 Å². The summed E-state index contributed by atoms with van der Waals surface area (Å²) in [4.78, 5) is 4.81. The topological polar surface area (TPSA) is 15.8 Å². The van der Waals surface area contributed by atoms with Crippen LogP contribution in [0.5, 0.6) is 0 Å². The fourth-order valence-corrected chi connectivity index (χ4v) is 4.80. The number of H-pyrrole nitrogens is 1. The van der Waals surface area contributed by atoms with Crippen LogP contribution in [0.1, 0.15) is 22.3 Å². The van der Waals surface area contributed by atoms with Crippen molar-refractivity contribution in [1.82, 2.24) is 4.98 Å². The van der Waals surface area contributed by atoms with Crippen molar-refractivity contribution in [2.75, 3.05) is 0 Å². The third kappa shape index (κ3) is 2.38. The van der Waals surface area contributed by atoms with E-state index in [0.717, 1.165) is 6.42 Å². The third-order valence-electron chi connectivity index (χ3n) is 5.36. The number of hydrogen-bond donors (Lipinski definition) is 1. The second-order valence-electron chi connectivity index (χ2n) is 6.79. The van der Waals surface area contributed by atoms with Gasteiger partial charge in [-0.05, 0) is 34.6 Å². The summed E-state index contributed by atoms with van der Waals surface area (Å²) in [7, 11) is 0. The number of hydrogen-bond acceptors (Lipinski definition) is 1. The summed E-state index contributed by atoms with van der Waals surface area (Å²) in [5, 5.41) is 2.13. The second kappa shape index (κ2) is 6.15. The van der Waals surface area contributed by atoms with Crippen molar-refractivity contribution < 1.29 is 0 Å². The van der Waals surface area contributed by atoms with Crippen LogP contribution in [-0.4, -0.2) is 4.98 Å². The average molecular weight is 353 g/mol. The Morgan fingerprint density at radius 3 is 2.12 bits per heavy atom. The highest BCUT2D eigenvalue weighted by atomic mass is 32.1. The van der Waals surface area contributed by atoms with Gasteiger partial charge in [0.15, 0.2) is 0 Å². The van der Waals surface area contributed by atoms with Crippen LogP contribution in [0.15, 0.2) is 90.4 Å². The zero-order valence-electron chi connectivity index (χ0n) is 14.4. The molecule has 0 atom stereocenters. The van der Waals surface area contributed by atoms with Gasteiger partial charge in [0.05, 0.1) is 10.6 Å². The number of benzene rings is 2. The summed E-state index contributed by atoms with van der Waals surface area (Å²) in [5.74, 6) is 0. The molecule has 0 bridgehead atoms. The summed E-state index contributed by atoms with van der Waals surface area (Å²) in [6.45, 7) is 0. The highest BCUT2D eigenvalue weighted by Crippen LogP contribution is 2.44. The van der Waals surface area contributed by atoms with Gasteiger partial charge in [0.1, 0.15) is 0 Å². The molecule has 0 spiro atoms. The van der Waals surface area contributed by atoms with Crippen molar-refractivity contribution in [2.45, 2.75) is 11.8 Å². The molecule has 0 amide bonds. The minimum atomic E-state index is -0.121. The summed E-state index contributed by atoms with van der Waals surface area (Å²) in [5.41, 5.74) is 6.50. The van der Waals surface area contributed by atoms with E-state index < -0.39 is 0 Å². The Bertz CT molecular complexity index is 1000. The van der Waals surface area contributed by atoms with Crippen LogP contribution in [0.4, 0.5) is 0 Å². The molecular formula is C24H19NS. The highest BCUT2D eigenvalue weighted by molar-refractivity contribution is 7.13. The van der Waals surface area contributed by atoms with Crippen LogP contribution in [0.3, 0.4) is 0 Å². The normalized spacial score (nSPS) is 14.9. The Balaban J connectivity index is 1.67. The van der Waals surface area contributed by atoms with Gasteiger partial charge in [0.25, 0.3) is 0 Å². The highest BCUT2D eigenvalue weighted by Gasteiger charge is 2.35. The lowest BCUT2D eigenvalue weighted by Gasteiger charge is -2.35. The van der Waals surface area contributed by atoms with Crippen molar-refractivity contribution in [2.24, 2.45) is 0 Å². The lowest BCUT2D eigenvalue weighted by molar-refractivity contribution is 0.634. The molecule has 0 unspecified atom stereocenters. The average Bonchev–Trinajstić information content (AvgIpc) is 3.38. The molecule has 2 aromatic heterocycles. The molecule has 4 aromatic rings. The molecule has 0 fully saturated rings. The van der Waals surface area contributed by atoms with E-state index in [9.17, 15) is 0 Å². The number of fused-ring (bicyclic) bond motifs is 1. The standard InChI is InChI=1S/C24H19NS/c1-3-8-19(9-4-1)24(20-10-5-2-6-11-20)14-13-21-18(16-24)17-25-23(21)22-12-7-15-26-22/h1-15,17,25H,16H2. The van der Waals surface area contributed by atoms with E-state index in [2.05, 4.69) is 102 Å². The Morgan fingerprint density at radius 1 is 0.808 bits per heavy atom. The van der Waals surface area contributed by atoms with E-state index in [1.165, 1.54) is 32.8 Å². The first-order valence-corrected chi connectivity index (χ1v) is 9.79. The number of aromatic nitrogens is 1. The van der Waals surface area contributed by atoms with Crippen molar-refractivity contribution in [3.8, 4) is 10.6 Å². The Kier molecular flexibility index (Phi) is 3.65. The molecule has 1 nitrogen and oxygen atoms in total. The predicted molar refractivity (Wildman–Crippen MR) is 111 cm³/mol. The van der Waals surface area contributed by atoms with Crippen LogP contribution >= 0.6 is 11.3 Å². The molecule has 0 radical (unpaired) electrons. The quantitative estimate of drug-likeness (QED) is 0.445. The molecule has 1 N–H and O–H groups in total. The lowest BCUT2D eigenvalue weighted by Crippen LogP contribution is -2.30. The van der Waals surface area contributed by atoms with Crippen LogP contribution in [0, 0.1) is 0 Å². The summed E-state index contributed by atoms with van der Waals surface area (Å²) < 4.78 is 0. The molecule has 5 rings (SSSR count). The van der Waals surface area contributed by atoms with Gasteiger partial charge in [-0.1, -0.05) is 78.9 Å². The fourth-order valence-electron chi connectivity index (χ4n) is 4.06. The first-order valence-electron chi connectivity index (χ1n) is 8.91. The number of thiophene rings is 1. The Labute approximate surface area is 157 Å². The summed E-state index contributed by atoms with van der Waals surface area (Å²) in [6, 6.07) is 26.0. The SMILES string of the molecule is C1=CC(c2ccccc2)(c2ccccc2)Cc2c[nH]c(-c3cccs3)c21. The molecule has 0 saturated heterocycles. The molecule has 2 heteroatoms. The van der Waals surface area contributed by atoms with E-state index in [1.807, 2.05) is 0 Å². The maximum atomic E-state index is 3.52. The third-order valence-corrected chi connectivity index (χ3v) is 6.24. The van der Waals surface area contributed by atoms with Gasteiger partial charge in [-0.3, -0.25) is 0 Å². The van der Waals surface area contributed by atoms with Gasteiger partial charge < -0.3 is 4.98 Å². The molecule has 1 aliphatic carbocycles. The summed E-state index contributed by atoms with van der Waals surface area (Å²) >= 11 is 1.78. The molecule has 1 aliphatic rings. The molecule has 0 saturated carbocycles. The van der Waals surface area contributed by atoms with E-state index in [4.69, 9.17) is 0 Å². The molecule has 0 aliphatic heterocycles. The monoisotopic (exact) mass is 353 g/mol. The Morgan fingerprint density at radius 2 is 1.50 bits per heavy atom. The van der Waals surface area contributed by atoms with E-state index in [1.54, 1.807) is 11.3 Å². The van der Waals surface area contributed by atoms with Crippen molar-refractivity contribution in [3.63, 3.8) is 0 Å². The molecule has 126 valence electrons. The van der Waals surface area contributed by atoms with Crippen LogP contribution in [0.25, 0.3) is 16.6 Å². The van der Waals surface area contributed by atoms with E-state index in [-0.39, 0.29) is 5.41 Å². The predicted octanol–water partition coefficient (Wildman–Crippen LogP) is 6.30. The van der Waals surface area contributed by atoms with Gasteiger partial charge in [0.2, 0.25) is 0 Å². The number of rotatable bonds is 3. The maximum absolute atomic E-state index is 3.52. The van der Waals surface area contributed by atoms with E-state index in [0.29, 0.717) is 0 Å². The number of aromatic amines is 1. The van der Waals surface area contributed by atoms with Gasteiger partial charge in [0, 0.05) is 17.2 Å². The van der Waals surface area contributed by atoms with E-state index >= 15 is 0 Å². The van der Waals surface area contributed by atoms with Crippen molar-refractivity contribution >= 4 is 17.4 Å². The van der Waals surface area contributed by atoms with Gasteiger partial charge in [-0.25, -0.2) is 0 Å². The zero-order valence-corrected chi connectivity index (χ0v) is 15.2. The van der Waals surface area contributed by atoms with Gasteiger partial charge in [-0.2, -0.15) is 0 Å². The molecule has 2 heterocycles.